The zero-order chi connectivity index (χ0) is 19.7. The summed E-state index contributed by atoms with van der Waals surface area (Å²) in [5.74, 6) is 1.80. The van der Waals surface area contributed by atoms with Gasteiger partial charge < -0.3 is 9.64 Å². The number of likely N-dealkylation sites (tertiary alicyclic amines) is 1. The number of carbonyl (C=O) groups is 1. The van der Waals surface area contributed by atoms with Crippen molar-refractivity contribution < 1.29 is 9.53 Å². The van der Waals surface area contributed by atoms with E-state index in [1.807, 2.05) is 11.0 Å². The van der Waals surface area contributed by atoms with E-state index >= 15 is 0 Å². The molecule has 0 bridgehead atoms. The number of ether oxygens (including phenoxy) is 1. The molecular formula is C20H32N6O2. The molecule has 4 rings (SSSR count). The molecule has 3 fully saturated rings. The van der Waals surface area contributed by atoms with Gasteiger partial charge in [0.15, 0.2) is 0 Å². The molecule has 0 spiro atoms. The van der Waals surface area contributed by atoms with E-state index in [9.17, 15) is 4.79 Å². The van der Waals surface area contributed by atoms with E-state index in [0.717, 1.165) is 51.0 Å². The minimum absolute atomic E-state index is 0.0518. The summed E-state index contributed by atoms with van der Waals surface area (Å²) >= 11 is 0. The summed E-state index contributed by atoms with van der Waals surface area (Å²) in [6.45, 7) is 4.62. The molecule has 1 aromatic rings. The lowest BCUT2D eigenvalue weighted by molar-refractivity contribution is -0.122. The van der Waals surface area contributed by atoms with Crippen LogP contribution < -0.4 is 20.5 Å². The Hall–Kier alpha value is -1.74. The average Bonchev–Trinajstić information content (AvgIpc) is 3.37. The molecule has 154 valence electrons. The molecule has 28 heavy (non-hydrogen) atoms. The largest absolute Gasteiger partial charge is 0.481 e. The Balaban J connectivity index is 1.47. The first kappa shape index (κ1) is 19.6. The van der Waals surface area contributed by atoms with Crippen LogP contribution in [-0.4, -0.2) is 86.7 Å². The van der Waals surface area contributed by atoms with E-state index in [1.54, 1.807) is 7.11 Å². The van der Waals surface area contributed by atoms with Gasteiger partial charge in [0.25, 0.3) is 0 Å². The number of likely N-dealkylation sites (N-methyl/N-ethyl adjacent to an activating group) is 1. The van der Waals surface area contributed by atoms with Crippen molar-refractivity contribution in [2.45, 2.75) is 37.3 Å². The van der Waals surface area contributed by atoms with E-state index in [4.69, 9.17) is 4.74 Å². The van der Waals surface area contributed by atoms with E-state index < -0.39 is 0 Å². The highest BCUT2D eigenvalue weighted by molar-refractivity contribution is 5.98. The van der Waals surface area contributed by atoms with Crippen LogP contribution in [0.25, 0.3) is 0 Å². The molecule has 3 saturated heterocycles. The van der Waals surface area contributed by atoms with E-state index in [-0.39, 0.29) is 11.9 Å². The Morgan fingerprint density at radius 1 is 1.14 bits per heavy atom. The monoisotopic (exact) mass is 388 g/mol. The van der Waals surface area contributed by atoms with E-state index in [1.165, 1.54) is 0 Å². The fourth-order valence-electron chi connectivity index (χ4n) is 4.68. The molecule has 0 aromatic carbocycles. The van der Waals surface area contributed by atoms with Crippen LogP contribution in [0, 0.1) is 0 Å². The molecule has 1 amide bonds. The van der Waals surface area contributed by atoms with Crippen molar-refractivity contribution in [2.75, 3.05) is 58.8 Å². The van der Waals surface area contributed by atoms with Crippen molar-refractivity contribution in [3.05, 3.63) is 17.7 Å². The van der Waals surface area contributed by atoms with Gasteiger partial charge in [0.2, 0.25) is 11.8 Å². The molecule has 1 unspecified atom stereocenters. The van der Waals surface area contributed by atoms with Crippen LogP contribution in [0.15, 0.2) is 12.1 Å². The summed E-state index contributed by atoms with van der Waals surface area (Å²) in [6, 6.07) is 4.45. The van der Waals surface area contributed by atoms with Gasteiger partial charge in [0, 0.05) is 37.2 Å². The molecule has 1 aromatic heterocycles. The third-order valence-corrected chi connectivity index (χ3v) is 6.54. The first-order valence-corrected chi connectivity index (χ1v) is 10.3. The molecule has 0 aliphatic carbocycles. The highest BCUT2D eigenvalue weighted by Crippen LogP contribution is 2.31. The number of rotatable bonds is 5. The van der Waals surface area contributed by atoms with Crippen molar-refractivity contribution >= 4 is 11.7 Å². The Morgan fingerprint density at radius 3 is 2.54 bits per heavy atom. The zero-order valence-electron chi connectivity index (χ0n) is 17.1. The number of aromatic nitrogens is 1. The number of methoxy groups -OCH3 is 1. The first-order valence-electron chi connectivity index (χ1n) is 10.3. The number of amides is 1. The van der Waals surface area contributed by atoms with Crippen LogP contribution >= 0.6 is 0 Å². The van der Waals surface area contributed by atoms with E-state index in [2.05, 4.69) is 45.8 Å². The fraction of sp³-hybridized carbons (Fsp3) is 0.700. The van der Waals surface area contributed by atoms with Crippen molar-refractivity contribution in [1.29, 1.82) is 0 Å². The number of carbonyl (C=O) groups excluding carboxylic acids is 1. The van der Waals surface area contributed by atoms with Gasteiger partial charge in [-0.3, -0.25) is 25.4 Å². The second-order valence-corrected chi connectivity index (χ2v) is 8.22. The summed E-state index contributed by atoms with van der Waals surface area (Å²) in [5, 5.41) is 0. The Kier molecular flexibility index (Phi) is 5.82. The second kappa shape index (κ2) is 8.32. The quantitative estimate of drug-likeness (QED) is 0.757. The van der Waals surface area contributed by atoms with Crippen LogP contribution in [0.3, 0.4) is 0 Å². The van der Waals surface area contributed by atoms with Crippen molar-refractivity contribution in [3.8, 4) is 5.88 Å². The molecule has 3 aliphatic rings. The molecule has 0 saturated carbocycles. The number of hydrogen-bond acceptors (Lipinski definition) is 7. The number of anilines is 1. The van der Waals surface area contributed by atoms with Crippen LogP contribution in [-0.2, 0) is 4.79 Å². The smallest absolute Gasteiger partial charge is 0.245 e. The van der Waals surface area contributed by atoms with Crippen LogP contribution in [0.2, 0.25) is 0 Å². The lowest BCUT2D eigenvalue weighted by Gasteiger charge is -2.37. The first-order chi connectivity index (χ1) is 13.6. The number of hydrazine groups is 1. The maximum absolute atomic E-state index is 13.2. The fourth-order valence-corrected chi connectivity index (χ4v) is 4.68. The van der Waals surface area contributed by atoms with Crippen LogP contribution in [0.5, 0.6) is 5.88 Å². The third kappa shape index (κ3) is 3.74. The molecule has 3 aliphatic heterocycles. The van der Waals surface area contributed by atoms with Gasteiger partial charge in [0.1, 0.15) is 5.82 Å². The molecular weight excluding hydrogens is 356 g/mol. The number of nitrogens with zero attached hydrogens (tertiary/aromatic N) is 4. The molecule has 8 heteroatoms. The van der Waals surface area contributed by atoms with Crippen molar-refractivity contribution in [1.82, 2.24) is 25.6 Å². The Bertz CT molecular complexity index is 700. The topological polar surface area (TPSA) is 73.0 Å². The Labute approximate surface area is 167 Å². The predicted octanol–water partition coefficient (Wildman–Crippen LogP) is 0.413. The highest BCUT2D eigenvalue weighted by atomic mass is 16.5. The van der Waals surface area contributed by atoms with Gasteiger partial charge in [-0.05, 0) is 58.6 Å². The van der Waals surface area contributed by atoms with Gasteiger partial charge in [-0.25, -0.2) is 0 Å². The van der Waals surface area contributed by atoms with Gasteiger partial charge >= 0.3 is 0 Å². The normalized spacial score (nSPS) is 25.2. The molecule has 2 N–H and O–H groups in total. The van der Waals surface area contributed by atoms with Crippen LogP contribution in [0.1, 0.15) is 30.7 Å². The maximum Gasteiger partial charge on any atom is 0.245 e. The lowest BCUT2D eigenvalue weighted by atomic mass is 10.0. The molecule has 0 radical (unpaired) electrons. The summed E-state index contributed by atoms with van der Waals surface area (Å²) < 4.78 is 5.55. The second-order valence-electron chi connectivity index (χ2n) is 8.22. The van der Waals surface area contributed by atoms with Crippen LogP contribution in [0.4, 0.5) is 5.82 Å². The SMILES string of the molecule is COc1nc(N2CCC(N(C)C3CCN(C)CC3)C2=O)ccc1C1CNNC1. The lowest BCUT2D eigenvalue weighted by Crippen LogP contribution is -2.49. The predicted molar refractivity (Wildman–Crippen MR) is 109 cm³/mol. The summed E-state index contributed by atoms with van der Waals surface area (Å²) in [4.78, 5) is 24.3. The van der Waals surface area contributed by atoms with Gasteiger partial charge in [0.05, 0.1) is 13.2 Å². The van der Waals surface area contributed by atoms with Gasteiger partial charge in [-0.2, -0.15) is 4.98 Å². The molecule has 1 atom stereocenters. The number of piperidine rings is 1. The number of pyridine rings is 1. The minimum Gasteiger partial charge on any atom is -0.481 e. The van der Waals surface area contributed by atoms with Crippen molar-refractivity contribution in [2.24, 2.45) is 0 Å². The maximum atomic E-state index is 13.2. The third-order valence-electron chi connectivity index (χ3n) is 6.54. The van der Waals surface area contributed by atoms with E-state index in [0.29, 0.717) is 30.2 Å². The summed E-state index contributed by atoms with van der Waals surface area (Å²) in [7, 11) is 5.92. The number of hydrogen-bond donors (Lipinski definition) is 2. The van der Waals surface area contributed by atoms with Gasteiger partial charge in [-0.1, -0.05) is 0 Å². The minimum atomic E-state index is -0.0518. The summed E-state index contributed by atoms with van der Waals surface area (Å²) in [5.41, 5.74) is 7.37. The summed E-state index contributed by atoms with van der Waals surface area (Å²) in [6.07, 6.45) is 3.10. The van der Waals surface area contributed by atoms with Gasteiger partial charge in [-0.15, -0.1) is 0 Å². The number of nitrogens with one attached hydrogen (secondary N) is 2. The molecule has 8 nitrogen and oxygen atoms in total. The van der Waals surface area contributed by atoms with Crippen molar-refractivity contribution in [3.63, 3.8) is 0 Å². The standard InChI is InChI=1S/C20H32N6O2/c1-24-9-6-15(7-10-24)25(2)17-8-11-26(20(17)27)18-5-4-16(19(23-18)28-3)14-12-21-22-13-14/h4-5,14-15,17,21-22H,6-13H2,1-3H3. The molecule has 4 heterocycles. The highest BCUT2D eigenvalue weighted by Gasteiger charge is 2.39. The average molecular weight is 389 g/mol. The zero-order valence-corrected chi connectivity index (χ0v) is 17.1. The Morgan fingerprint density at radius 2 is 1.86 bits per heavy atom.